The summed E-state index contributed by atoms with van der Waals surface area (Å²) in [5.41, 5.74) is 1.64. The van der Waals surface area contributed by atoms with Crippen molar-refractivity contribution in [3.8, 4) is 10.6 Å². The molecule has 3 rings (SSSR count). The molecule has 0 aliphatic heterocycles. The number of hydrogen-bond acceptors (Lipinski definition) is 4. The summed E-state index contributed by atoms with van der Waals surface area (Å²) < 4.78 is 0. The third kappa shape index (κ3) is 1.97. The van der Waals surface area contributed by atoms with E-state index in [9.17, 15) is 4.79 Å². The Hall–Kier alpha value is -1.20. The average molecular weight is 279 g/mol. The van der Waals surface area contributed by atoms with Gasteiger partial charge in [-0.25, -0.2) is 9.78 Å². The highest BCUT2D eigenvalue weighted by Crippen LogP contribution is 2.59. The third-order valence-corrected chi connectivity index (χ3v) is 5.34. The summed E-state index contributed by atoms with van der Waals surface area (Å²) in [6.07, 6.45) is 1.20. The molecule has 0 radical (unpaired) electrons. The molecule has 1 atom stereocenters. The van der Waals surface area contributed by atoms with Gasteiger partial charge in [0.05, 0.1) is 21.1 Å². The maximum absolute atomic E-state index is 10.8. The molecule has 1 unspecified atom stereocenters. The molecule has 1 saturated carbocycles. The molecule has 94 valence electrons. The van der Waals surface area contributed by atoms with E-state index in [-0.39, 0.29) is 0 Å². The normalized spacial score (nSPS) is 20.9. The van der Waals surface area contributed by atoms with Gasteiger partial charge in [0.1, 0.15) is 0 Å². The van der Waals surface area contributed by atoms with Gasteiger partial charge in [-0.15, -0.1) is 22.7 Å². The SMILES string of the molecule is CC1(C)CC1c1nc(-c2cc(C(=O)O)cs2)cs1. The first-order valence-corrected chi connectivity index (χ1v) is 7.51. The maximum Gasteiger partial charge on any atom is 0.336 e. The quantitative estimate of drug-likeness (QED) is 0.920. The van der Waals surface area contributed by atoms with Crippen LogP contribution in [0.5, 0.6) is 0 Å². The van der Waals surface area contributed by atoms with Crippen LogP contribution in [0.1, 0.15) is 41.6 Å². The minimum Gasteiger partial charge on any atom is -0.478 e. The van der Waals surface area contributed by atoms with E-state index >= 15 is 0 Å². The van der Waals surface area contributed by atoms with E-state index in [1.807, 2.05) is 5.38 Å². The Balaban J connectivity index is 1.86. The molecule has 0 spiro atoms. The van der Waals surface area contributed by atoms with Gasteiger partial charge in [-0.3, -0.25) is 0 Å². The molecule has 1 fully saturated rings. The van der Waals surface area contributed by atoms with Crippen LogP contribution in [-0.2, 0) is 0 Å². The molecule has 2 aromatic heterocycles. The number of nitrogens with zero attached hydrogens (tertiary/aromatic N) is 1. The van der Waals surface area contributed by atoms with Crippen LogP contribution in [0.3, 0.4) is 0 Å². The fraction of sp³-hybridized carbons (Fsp3) is 0.385. The van der Waals surface area contributed by atoms with Crippen molar-refractivity contribution in [1.82, 2.24) is 4.98 Å². The number of aromatic carboxylic acids is 1. The number of hydrogen-bond donors (Lipinski definition) is 1. The van der Waals surface area contributed by atoms with E-state index in [1.54, 1.807) is 22.8 Å². The second kappa shape index (κ2) is 3.90. The fourth-order valence-corrected chi connectivity index (χ4v) is 4.08. The van der Waals surface area contributed by atoms with Crippen molar-refractivity contribution < 1.29 is 9.90 Å². The van der Waals surface area contributed by atoms with Crippen LogP contribution in [0.25, 0.3) is 10.6 Å². The lowest BCUT2D eigenvalue weighted by Gasteiger charge is -1.97. The summed E-state index contributed by atoms with van der Waals surface area (Å²) in [5.74, 6) is -0.300. The molecule has 0 aromatic carbocycles. The maximum atomic E-state index is 10.8. The van der Waals surface area contributed by atoms with Crippen LogP contribution in [0.4, 0.5) is 0 Å². The minimum absolute atomic E-state index is 0.344. The van der Waals surface area contributed by atoms with E-state index < -0.39 is 5.97 Å². The topological polar surface area (TPSA) is 50.2 Å². The Bertz CT molecular complexity index is 612. The van der Waals surface area contributed by atoms with Crippen molar-refractivity contribution in [1.29, 1.82) is 0 Å². The van der Waals surface area contributed by atoms with Crippen LogP contribution in [0, 0.1) is 5.41 Å². The van der Waals surface area contributed by atoms with Gasteiger partial charge in [-0.2, -0.15) is 0 Å². The molecule has 0 saturated heterocycles. The first kappa shape index (κ1) is 11.9. The highest BCUT2D eigenvalue weighted by atomic mass is 32.1. The zero-order chi connectivity index (χ0) is 12.9. The van der Waals surface area contributed by atoms with E-state index in [1.165, 1.54) is 22.8 Å². The first-order valence-electron chi connectivity index (χ1n) is 5.75. The lowest BCUT2D eigenvalue weighted by Crippen LogP contribution is -1.91. The molecule has 2 heterocycles. The lowest BCUT2D eigenvalue weighted by atomic mass is 10.1. The third-order valence-electron chi connectivity index (χ3n) is 3.43. The van der Waals surface area contributed by atoms with Crippen LogP contribution >= 0.6 is 22.7 Å². The molecular weight excluding hydrogens is 266 g/mol. The van der Waals surface area contributed by atoms with Crippen LogP contribution < -0.4 is 0 Å². The Morgan fingerprint density at radius 3 is 2.72 bits per heavy atom. The van der Waals surface area contributed by atoms with Crippen molar-refractivity contribution in [2.45, 2.75) is 26.2 Å². The summed E-state index contributed by atoms with van der Waals surface area (Å²) in [5, 5.41) is 13.8. The molecule has 1 aliphatic carbocycles. The van der Waals surface area contributed by atoms with Gasteiger partial charge in [0, 0.05) is 16.7 Å². The van der Waals surface area contributed by atoms with Crippen LogP contribution in [0.2, 0.25) is 0 Å². The van der Waals surface area contributed by atoms with Gasteiger partial charge in [0.25, 0.3) is 0 Å². The molecule has 1 aliphatic rings. The van der Waals surface area contributed by atoms with E-state index in [2.05, 4.69) is 18.8 Å². The van der Waals surface area contributed by atoms with Crippen LogP contribution in [-0.4, -0.2) is 16.1 Å². The largest absolute Gasteiger partial charge is 0.478 e. The fourth-order valence-electron chi connectivity index (χ4n) is 2.03. The molecule has 0 amide bonds. The van der Waals surface area contributed by atoms with Gasteiger partial charge in [-0.1, -0.05) is 13.8 Å². The summed E-state index contributed by atoms with van der Waals surface area (Å²) in [4.78, 5) is 16.4. The van der Waals surface area contributed by atoms with E-state index in [0.29, 0.717) is 16.9 Å². The highest BCUT2D eigenvalue weighted by molar-refractivity contribution is 7.14. The molecular formula is C13H13NO2S2. The second-order valence-electron chi connectivity index (χ2n) is 5.32. The lowest BCUT2D eigenvalue weighted by molar-refractivity contribution is 0.0697. The van der Waals surface area contributed by atoms with E-state index in [0.717, 1.165) is 10.6 Å². The number of carboxylic acids is 1. The Morgan fingerprint density at radius 1 is 1.44 bits per heavy atom. The number of thiazole rings is 1. The predicted octanol–water partition coefficient (Wildman–Crippen LogP) is 4.08. The molecule has 18 heavy (non-hydrogen) atoms. The van der Waals surface area contributed by atoms with Gasteiger partial charge >= 0.3 is 5.97 Å². The van der Waals surface area contributed by atoms with Crippen LogP contribution in [0.15, 0.2) is 16.8 Å². The van der Waals surface area contributed by atoms with Crippen molar-refractivity contribution >= 4 is 28.6 Å². The highest BCUT2D eigenvalue weighted by Gasteiger charge is 2.48. The molecule has 3 nitrogen and oxygen atoms in total. The Morgan fingerprint density at radius 2 is 2.17 bits per heavy atom. The minimum atomic E-state index is -0.878. The Labute approximate surface area is 113 Å². The van der Waals surface area contributed by atoms with Crippen molar-refractivity contribution in [2.24, 2.45) is 5.41 Å². The predicted molar refractivity (Wildman–Crippen MR) is 73.5 cm³/mol. The van der Waals surface area contributed by atoms with Gasteiger partial charge in [0.2, 0.25) is 0 Å². The molecule has 2 aromatic rings. The molecule has 0 bridgehead atoms. The average Bonchev–Trinajstić information content (AvgIpc) is 2.82. The number of rotatable bonds is 3. The van der Waals surface area contributed by atoms with Crippen molar-refractivity contribution in [2.75, 3.05) is 0 Å². The number of carboxylic acid groups (broad SMARTS) is 1. The molecule has 1 N–H and O–H groups in total. The molecule has 5 heteroatoms. The van der Waals surface area contributed by atoms with Crippen molar-refractivity contribution in [3.05, 3.63) is 27.4 Å². The van der Waals surface area contributed by atoms with E-state index in [4.69, 9.17) is 5.11 Å². The summed E-state index contributed by atoms with van der Waals surface area (Å²) in [6.45, 7) is 4.51. The second-order valence-corrected chi connectivity index (χ2v) is 7.12. The number of thiophene rings is 1. The van der Waals surface area contributed by atoms with Gasteiger partial charge < -0.3 is 5.11 Å². The van der Waals surface area contributed by atoms with Crippen molar-refractivity contribution in [3.63, 3.8) is 0 Å². The zero-order valence-electron chi connectivity index (χ0n) is 10.1. The number of carbonyl (C=O) groups is 1. The first-order chi connectivity index (χ1) is 8.47. The van der Waals surface area contributed by atoms with Gasteiger partial charge in [-0.05, 0) is 17.9 Å². The summed E-state index contributed by atoms with van der Waals surface area (Å²) in [6, 6.07) is 1.70. The summed E-state index contributed by atoms with van der Waals surface area (Å²) in [7, 11) is 0. The Kier molecular flexibility index (Phi) is 2.57. The summed E-state index contributed by atoms with van der Waals surface area (Å²) >= 11 is 3.12. The number of aromatic nitrogens is 1. The monoisotopic (exact) mass is 279 g/mol. The van der Waals surface area contributed by atoms with Gasteiger partial charge in [0.15, 0.2) is 0 Å². The smallest absolute Gasteiger partial charge is 0.336 e. The standard InChI is InChI=1S/C13H13NO2S2/c1-13(2)4-8(13)11-14-9(6-18-11)10-3-7(5-17-10)12(15)16/h3,5-6,8H,4H2,1-2H3,(H,15,16). The zero-order valence-corrected chi connectivity index (χ0v) is 11.8.